The van der Waals surface area contributed by atoms with E-state index in [0.29, 0.717) is 10.6 Å². The Balaban J connectivity index is 1.77. The summed E-state index contributed by atoms with van der Waals surface area (Å²) in [5, 5.41) is 13.0. The monoisotopic (exact) mass is 399 g/mol. The molecule has 2 aliphatic heterocycles. The van der Waals surface area contributed by atoms with Gasteiger partial charge in [-0.05, 0) is 43.9 Å². The lowest BCUT2D eigenvalue weighted by molar-refractivity contribution is -0.131. The highest BCUT2D eigenvalue weighted by Gasteiger charge is 2.31. The number of ether oxygens (including phenoxy) is 1. The lowest BCUT2D eigenvalue weighted by Crippen LogP contribution is -2.43. The maximum Gasteiger partial charge on any atom is 0.233 e. The first-order valence-electron chi connectivity index (χ1n) is 9.53. The topological polar surface area (TPSA) is 82.4 Å². The van der Waals surface area contributed by atoms with E-state index in [4.69, 9.17) is 4.74 Å². The highest BCUT2D eigenvalue weighted by molar-refractivity contribution is 8.03. The first kappa shape index (κ1) is 20.3. The maximum atomic E-state index is 12.6. The van der Waals surface area contributed by atoms with Crippen LogP contribution in [-0.4, -0.2) is 42.2 Å². The Kier molecular flexibility index (Phi) is 6.63. The number of carbonyl (C=O) groups is 2. The Morgan fingerprint density at radius 2 is 2.11 bits per heavy atom. The van der Waals surface area contributed by atoms with Crippen molar-refractivity contribution in [3.8, 4) is 11.8 Å². The van der Waals surface area contributed by atoms with E-state index >= 15 is 0 Å². The molecule has 0 bridgehead atoms. The number of amides is 2. The first-order valence-corrected chi connectivity index (χ1v) is 10.5. The lowest BCUT2D eigenvalue weighted by atomic mass is 9.87. The molecular weight excluding hydrogens is 374 g/mol. The predicted octanol–water partition coefficient (Wildman–Crippen LogP) is 3.17. The summed E-state index contributed by atoms with van der Waals surface area (Å²) in [4.78, 5) is 26.8. The summed E-state index contributed by atoms with van der Waals surface area (Å²) in [7, 11) is 1.60. The quantitative estimate of drug-likeness (QED) is 0.822. The lowest BCUT2D eigenvalue weighted by Gasteiger charge is -2.33. The van der Waals surface area contributed by atoms with Crippen molar-refractivity contribution < 1.29 is 14.3 Å². The number of benzene rings is 1. The van der Waals surface area contributed by atoms with E-state index < -0.39 is 0 Å². The number of hydrogen-bond donors (Lipinski definition) is 1. The number of thioether (sulfide) groups is 1. The minimum Gasteiger partial charge on any atom is -0.497 e. The molecular formula is C21H25N3O3S. The van der Waals surface area contributed by atoms with Crippen LogP contribution in [0, 0.1) is 11.3 Å². The Labute approximate surface area is 169 Å². The summed E-state index contributed by atoms with van der Waals surface area (Å²) >= 11 is 1.25. The van der Waals surface area contributed by atoms with Crippen LogP contribution >= 0.6 is 11.8 Å². The van der Waals surface area contributed by atoms with Crippen molar-refractivity contribution in [1.29, 1.82) is 5.26 Å². The third kappa shape index (κ3) is 4.50. The van der Waals surface area contributed by atoms with Crippen molar-refractivity contribution in [2.45, 2.75) is 44.6 Å². The Morgan fingerprint density at radius 1 is 1.36 bits per heavy atom. The average Bonchev–Trinajstić information content (AvgIpc) is 2.72. The van der Waals surface area contributed by atoms with Crippen molar-refractivity contribution in [3.63, 3.8) is 0 Å². The fourth-order valence-electron chi connectivity index (χ4n) is 3.74. The van der Waals surface area contributed by atoms with Gasteiger partial charge in [0.2, 0.25) is 11.8 Å². The standard InChI is InChI=1S/C21H25N3O3S/c1-14-5-3-4-10-24(14)20(26)13-28-21-18(12-22)17(11-19(25)23-21)15-6-8-16(27-2)9-7-15/h6-9,14,17H,3-5,10-11,13H2,1-2H3,(H,23,25)/t14-,17-/m1/s1. The molecule has 2 atom stereocenters. The summed E-state index contributed by atoms with van der Waals surface area (Å²) in [6.07, 6.45) is 3.43. The third-order valence-electron chi connectivity index (χ3n) is 5.34. The molecule has 7 heteroatoms. The third-order valence-corrected chi connectivity index (χ3v) is 6.34. The van der Waals surface area contributed by atoms with Gasteiger partial charge >= 0.3 is 0 Å². The van der Waals surface area contributed by atoms with E-state index in [9.17, 15) is 14.9 Å². The summed E-state index contributed by atoms with van der Waals surface area (Å²) in [6.45, 7) is 2.86. The molecule has 1 aromatic carbocycles. The molecule has 1 aromatic rings. The van der Waals surface area contributed by atoms with Crippen molar-refractivity contribution in [2.24, 2.45) is 0 Å². The molecule has 0 aliphatic carbocycles. The van der Waals surface area contributed by atoms with Gasteiger partial charge in [-0.15, -0.1) is 0 Å². The zero-order chi connectivity index (χ0) is 20.1. The summed E-state index contributed by atoms with van der Waals surface area (Å²) in [6, 6.07) is 9.90. The molecule has 0 aromatic heterocycles. The largest absolute Gasteiger partial charge is 0.497 e. The number of rotatable bonds is 5. The van der Waals surface area contributed by atoms with Crippen molar-refractivity contribution in [2.75, 3.05) is 19.4 Å². The molecule has 2 heterocycles. The van der Waals surface area contributed by atoms with E-state index in [0.717, 1.165) is 37.1 Å². The number of allylic oxidation sites excluding steroid dienone is 1. The van der Waals surface area contributed by atoms with Gasteiger partial charge in [-0.25, -0.2) is 0 Å². The van der Waals surface area contributed by atoms with Gasteiger partial charge in [0, 0.05) is 24.9 Å². The maximum absolute atomic E-state index is 12.6. The van der Waals surface area contributed by atoms with Gasteiger partial charge in [-0.3, -0.25) is 9.59 Å². The normalized spacial score (nSPS) is 22.5. The average molecular weight is 400 g/mol. The number of nitrogens with one attached hydrogen (secondary N) is 1. The summed E-state index contributed by atoms with van der Waals surface area (Å²) in [5.41, 5.74) is 1.40. The highest BCUT2D eigenvalue weighted by Crippen LogP contribution is 2.36. The summed E-state index contributed by atoms with van der Waals surface area (Å²) < 4.78 is 5.18. The zero-order valence-electron chi connectivity index (χ0n) is 16.2. The zero-order valence-corrected chi connectivity index (χ0v) is 17.1. The van der Waals surface area contributed by atoms with Crippen molar-refractivity contribution in [1.82, 2.24) is 10.2 Å². The van der Waals surface area contributed by atoms with Crippen LogP contribution in [0.4, 0.5) is 0 Å². The van der Waals surface area contributed by atoms with Crippen LogP contribution in [0.5, 0.6) is 5.75 Å². The SMILES string of the molecule is COc1ccc([C@H]2CC(=O)NC(SCC(=O)N3CCCC[C@H]3C)=C2C#N)cc1. The fourth-order valence-corrected chi connectivity index (χ4v) is 4.70. The molecule has 28 heavy (non-hydrogen) atoms. The van der Waals surface area contributed by atoms with E-state index in [2.05, 4.69) is 18.3 Å². The van der Waals surface area contributed by atoms with E-state index in [1.54, 1.807) is 7.11 Å². The molecule has 0 unspecified atom stereocenters. The van der Waals surface area contributed by atoms with Crippen LogP contribution in [0.3, 0.4) is 0 Å². The molecule has 1 saturated heterocycles. The minimum absolute atomic E-state index is 0.0582. The van der Waals surface area contributed by atoms with Gasteiger partial charge in [0.1, 0.15) is 5.75 Å². The van der Waals surface area contributed by atoms with E-state index in [1.807, 2.05) is 29.2 Å². The molecule has 148 valence electrons. The second kappa shape index (κ2) is 9.16. The number of carbonyl (C=O) groups excluding carboxylic acids is 2. The fraction of sp³-hybridized carbons (Fsp3) is 0.476. The van der Waals surface area contributed by atoms with Crippen molar-refractivity contribution >= 4 is 23.6 Å². The molecule has 1 fully saturated rings. The van der Waals surface area contributed by atoms with Gasteiger partial charge in [0.05, 0.1) is 29.5 Å². The van der Waals surface area contributed by atoms with Crippen LogP contribution in [0.2, 0.25) is 0 Å². The van der Waals surface area contributed by atoms with Crippen LogP contribution < -0.4 is 10.1 Å². The number of hydrogen-bond acceptors (Lipinski definition) is 5. The van der Waals surface area contributed by atoms with Gasteiger partial charge in [0.15, 0.2) is 0 Å². The first-order chi connectivity index (χ1) is 13.5. The van der Waals surface area contributed by atoms with Gasteiger partial charge in [-0.2, -0.15) is 5.26 Å². The molecule has 0 saturated carbocycles. The number of methoxy groups -OCH3 is 1. The number of likely N-dealkylation sites (tertiary alicyclic amines) is 1. The molecule has 3 rings (SSSR count). The highest BCUT2D eigenvalue weighted by atomic mass is 32.2. The summed E-state index contributed by atoms with van der Waals surface area (Å²) in [5.74, 6) is 0.558. The number of nitriles is 1. The van der Waals surface area contributed by atoms with Crippen molar-refractivity contribution in [3.05, 3.63) is 40.4 Å². The Hall–Kier alpha value is -2.46. The van der Waals surface area contributed by atoms with Crippen LogP contribution in [0.1, 0.15) is 44.1 Å². The molecule has 2 amide bonds. The van der Waals surface area contributed by atoms with Gasteiger partial charge in [-0.1, -0.05) is 23.9 Å². The molecule has 0 spiro atoms. The Bertz CT molecular complexity index is 813. The molecule has 0 radical (unpaired) electrons. The van der Waals surface area contributed by atoms with Gasteiger partial charge in [0.25, 0.3) is 0 Å². The minimum atomic E-state index is -0.309. The Morgan fingerprint density at radius 3 is 2.75 bits per heavy atom. The van der Waals surface area contributed by atoms with E-state index in [-0.39, 0.29) is 35.9 Å². The van der Waals surface area contributed by atoms with Crippen LogP contribution in [0.25, 0.3) is 0 Å². The van der Waals surface area contributed by atoms with Crippen LogP contribution in [0.15, 0.2) is 34.9 Å². The van der Waals surface area contributed by atoms with Gasteiger partial charge < -0.3 is 15.0 Å². The van der Waals surface area contributed by atoms with E-state index in [1.165, 1.54) is 11.8 Å². The predicted molar refractivity (Wildman–Crippen MR) is 109 cm³/mol. The molecule has 6 nitrogen and oxygen atoms in total. The molecule has 2 aliphatic rings. The number of piperidine rings is 1. The second-order valence-electron chi connectivity index (χ2n) is 7.15. The molecule has 1 N–H and O–H groups in total. The second-order valence-corrected chi connectivity index (χ2v) is 8.14. The smallest absolute Gasteiger partial charge is 0.233 e. The van der Waals surface area contributed by atoms with Crippen LogP contribution in [-0.2, 0) is 9.59 Å². The number of nitrogens with zero attached hydrogens (tertiary/aromatic N) is 2.